The van der Waals surface area contributed by atoms with E-state index < -0.39 is 5.60 Å². The third kappa shape index (κ3) is 9.25. The van der Waals surface area contributed by atoms with Crippen LogP contribution < -0.4 is 16.0 Å². The van der Waals surface area contributed by atoms with E-state index in [1.165, 1.54) is 19.3 Å². The van der Waals surface area contributed by atoms with Crippen LogP contribution in [0.1, 0.15) is 53.4 Å². The first-order chi connectivity index (χ1) is 11.3. The van der Waals surface area contributed by atoms with Crippen molar-refractivity contribution in [3.63, 3.8) is 0 Å². The first kappa shape index (κ1) is 20.9. The minimum Gasteiger partial charge on any atom is -0.444 e. The van der Waals surface area contributed by atoms with Gasteiger partial charge >= 0.3 is 6.09 Å². The molecule has 0 aromatic carbocycles. The van der Waals surface area contributed by atoms with Crippen molar-refractivity contribution in [3.05, 3.63) is 0 Å². The Labute approximate surface area is 151 Å². The maximum absolute atomic E-state index is 11.6. The second kappa shape index (κ2) is 10.7. The van der Waals surface area contributed by atoms with Gasteiger partial charge in [0.15, 0.2) is 5.96 Å². The first-order valence-electron chi connectivity index (χ1n) is 8.88. The zero-order valence-electron chi connectivity index (χ0n) is 15.8. The highest BCUT2D eigenvalue weighted by Gasteiger charge is 2.24. The van der Waals surface area contributed by atoms with Crippen molar-refractivity contribution in [3.8, 4) is 0 Å². The third-order valence-corrected chi connectivity index (χ3v) is 4.77. The number of hydrogen-bond acceptors (Lipinski definition) is 4. The largest absolute Gasteiger partial charge is 0.444 e. The van der Waals surface area contributed by atoms with Crippen molar-refractivity contribution in [2.75, 3.05) is 25.9 Å². The van der Waals surface area contributed by atoms with E-state index in [9.17, 15) is 4.79 Å². The van der Waals surface area contributed by atoms with E-state index in [2.05, 4.69) is 34.1 Å². The smallest absolute Gasteiger partial charge is 0.407 e. The molecular weight excluding hydrogens is 324 g/mol. The van der Waals surface area contributed by atoms with Gasteiger partial charge in [-0.15, -0.1) is 0 Å². The van der Waals surface area contributed by atoms with E-state index in [1.54, 1.807) is 0 Å². The molecule has 2 atom stereocenters. The molecule has 0 aromatic rings. The van der Waals surface area contributed by atoms with Gasteiger partial charge in [-0.1, -0.05) is 0 Å². The molecule has 0 radical (unpaired) electrons. The van der Waals surface area contributed by atoms with Gasteiger partial charge in [-0.05, 0) is 59.6 Å². The molecule has 24 heavy (non-hydrogen) atoms. The van der Waals surface area contributed by atoms with Crippen molar-refractivity contribution >= 4 is 23.8 Å². The maximum atomic E-state index is 11.6. The number of nitrogens with one attached hydrogen (secondary N) is 3. The Kier molecular flexibility index (Phi) is 9.33. The van der Waals surface area contributed by atoms with Gasteiger partial charge in [0.25, 0.3) is 0 Å². The summed E-state index contributed by atoms with van der Waals surface area (Å²) in [6.45, 7) is 9.72. The predicted octanol–water partition coefficient (Wildman–Crippen LogP) is 2.74. The van der Waals surface area contributed by atoms with Crippen LogP contribution in [0.4, 0.5) is 4.79 Å². The average molecular weight is 359 g/mol. The Morgan fingerprint density at radius 2 is 2.04 bits per heavy atom. The summed E-state index contributed by atoms with van der Waals surface area (Å²) in [5.41, 5.74) is -0.458. The van der Waals surface area contributed by atoms with E-state index in [1.807, 2.05) is 32.5 Å². The molecule has 140 valence electrons. The number of guanidine groups is 1. The molecular formula is C17H34N4O2S. The van der Waals surface area contributed by atoms with E-state index in [0.717, 1.165) is 24.2 Å². The molecule has 0 aliphatic heterocycles. The number of aliphatic imine (C=N–C) groups is 1. The van der Waals surface area contributed by atoms with Gasteiger partial charge in [-0.2, -0.15) is 11.8 Å². The molecule has 0 heterocycles. The number of carbonyl (C=O) groups is 1. The monoisotopic (exact) mass is 358 g/mol. The highest BCUT2D eigenvalue weighted by Crippen LogP contribution is 2.27. The minimum absolute atomic E-state index is 0.370. The summed E-state index contributed by atoms with van der Waals surface area (Å²) in [6, 6.07) is 0.514. The molecule has 0 aromatic heterocycles. The summed E-state index contributed by atoms with van der Waals surface area (Å²) in [5, 5.41) is 10.3. The van der Waals surface area contributed by atoms with Crippen LogP contribution in [0.5, 0.6) is 0 Å². The lowest BCUT2D eigenvalue weighted by Gasteiger charge is -2.19. The standard InChI is InChI=1S/C17H34N4O2S/c1-6-18-15(21-13-8-9-14(12-13)24-5)19-10-7-11-20-16(22)23-17(2,3)4/h13-14H,6-12H2,1-5H3,(H,20,22)(H2,18,19,21). The van der Waals surface area contributed by atoms with Gasteiger partial charge in [0.1, 0.15) is 5.60 Å². The van der Waals surface area contributed by atoms with Crippen LogP contribution >= 0.6 is 11.8 Å². The highest BCUT2D eigenvalue weighted by molar-refractivity contribution is 7.99. The molecule has 0 saturated heterocycles. The SMILES string of the molecule is CCNC(=NCCCNC(=O)OC(C)(C)C)NC1CCC(SC)C1. The second-order valence-corrected chi connectivity index (χ2v) is 8.19. The van der Waals surface area contributed by atoms with Gasteiger partial charge in [-0.25, -0.2) is 4.79 Å². The zero-order chi connectivity index (χ0) is 18.0. The molecule has 3 N–H and O–H groups in total. The summed E-state index contributed by atoms with van der Waals surface area (Å²) >= 11 is 1.96. The zero-order valence-corrected chi connectivity index (χ0v) is 16.6. The van der Waals surface area contributed by atoms with Crippen molar-refractivity contribution in [2.24, 2.45) is 4.99 Å². The topological polar surface area (TPSA) is 74.8 Å². The Morgan fingerprint density at radius 1 is 1.29 bits per heavy atom. The van der Waals surface area contributed by atoms with Gasteiger partial charge in [-0.3, -0.25) is 4.99 Å². The number of carbonyl (C=O) groups excluding carboxylic acids is 1. The quantitative estimate of drug-likeness (QED) is 0.371. The summed E-state index contributed by atoms with van der Waals surface area (Å²) in [4.78, 5) is 16.1. The molecule has 0 spiro atoms. The summed E-state index contributed by atoms with van der Waals surface area (Å²) in [5.74, 6) is 0.876. The number of hydrogen-bond donors (Lipinski definition) is 3. The molecule has 1 aliphatic rings. The van der Waals surface area contributed by atoms with E-state index in [0.29, 0.717) is 19.1 Å². The Morgan fingerprint density at radius 3 is 2.62 bits per heavy atom. The molecule has 0 bridgehead atoms. The van der Waals surface area contributed by atoms with Crippen LogP contribution in [-0.2, 0) is 4.74 Å². The van der Waals surface area contributed by atoms with Crippen LogP contribution in [0.15, 0.2) is 4.99 Å². The average Bonchev–Trinajstić information content (AvgIpc) is 2.92. The predicted molar refractivity (Wildman–Crippen MR) is 103 cm³/mol. The molecule has 1 saturated carbocycles. The minimum atomic E-state index is -0.458. The van der Waals surface area contributed by atoms with Gasteiger partial charge in [0.05, 0.1) is 0 Å². The molecule has 2 unspecified atom stereocenters. The lowest BCUT2D eigenvalue weighted by molar-refractivity contribution is 0.0527. The van der Waals surface area contributed by atoms with Crippen molar-refractivity contribution < 1.29 is 9.53 Å². The number of amides is 1. The molecule has 6 nitrogen and oxygen atoms in total. The fourth-order valence-corrected chi connectivity index (χ4v) is 3.37. The number of rotatable bonds is 7. The first-order valence-corrected chi connectivity index (χ1v) is 10.2. The molecule has 1 amide bonds. The molecule has 1 fully saturated rings. The lowest BCUT2D eigenvalue weighted by Crippen LogP contribution is -2.42. The fraction of sp³-hybridized carbons (Fsp3) is 0.882. The van der Waals surface area contributed by atoms with Gasteiger partial charge in [0.2, 0.25) is 0 Å². The number of ether oxygens (including phenoxy) is 1. The number of nitrogens with zero attached hydrogens (tertiary/aromatic N) is 1. The van der Waals surface area contributed by atoms with Crippen molar-refractivity contribution in [1.82, 2.24) is 16.0 Å². The summed E-state index contributed by atoms with van der Waals surface area (Å²) in [6.07, 6.45) is 6.28. The lowest BCUT2D eigenvalue weighted by atomic mass is 10.2. The molecule has 1 rings (SSSR count). The third-order valence-electron chi connectivity index (χ3n) is 3.68. The van der Waals surface area contributed by atoms with Crippen LogP contribution in [0.2, 0.25) is 0 Å². The van der Waals surface area contributed by atoms with Gasteiger partial charge < -0.3 is 20.7 Å². The molecule has 7 heteroatoms. The van der Waals surface area contributed by atoms with E-state index in [-0.39, 0.29) is 6.09 Å². The summed E-state index contributed by atoms with van der Waals surface area (Å²) < 4.78 is 5.20. The molecule has 1 aliphatic carbocycles. The van der Waals surface area contributed by atoms with E-state index >= 15 is 0 Å². The van der Waals surface area contributed by atoms with Crippen LogP contribution in [0.3, 0.4) is 0 Å². The van der Waals surface area contributed by atoms with Gasteiger partial charge in [0, 0.05) is 30.9 Å². The normalized spacial score (nSPS) is 21.5. The summed E-state index contributed by atoms with van der Waals surface area (Å²) in [7, 11) is 0. The number of thioether (sulfide) groups is 1. The van der Waals surface area contributed by atoms with Crippen LogP contribution in [0, 0.1) is 0 Å². The second-order valence-electron chi connectivity index (χ2n) is 7.05. The van der Waals surface area contributed by atoms with E-state index in [4.69, 9.17) is 4.74 Å². The fourth-order valence-electron chi connectivity index (χ4n) is 2.57. The van der Waals surface area contributed by atoms with Crippen LogP contribution in [0.25, 0.3) is 0 Å². The Hall–Kier alpha value is -1.11. The Bertz CT molecular complexity index is 410. The van der Waals surface area contributed by atoms with Crippen molar-refractivity contribution in [2.45, 2.75) is 70.3 Å². The highest BCUT2D eigenvalue weighted by atomic mass is 32.2. The van der Waals surface area contributed by atoms with Crippen molar-refractivity contribution in [1.29, 1.82) is 0 Å². The maximum Gasteiger partial charge on any atom is 0.407 e. The Balaban J connectivity index is 2.27. The van der Waals surface area contributed by atoms with Crippen LogP contribution in [-0.4, -0.2) is 54.8 Å². The number of alkyl carbamates (subject to hydrolysis) is 1.